The molecule has 0 fully saturated rings. The van der Waals surface area contributed by atoms with E-state index in [1.54, 1.807) is 0 Å². The zero-order chi connectivity index (χ0) is 22.5. The largest absolute Gasteiger partial charge is 0.456 e. The van der Waals surface area contributed by atoms with Gasteiger partial charge in [0.1, 0.15) is 17.0 Å². The molecule has 2 aromatic heterocycles. The van der Waals surface area contributed by atoms with E-state index in [1.165, 1.54) is 11.1 Å². The van der Waals surface area contributed by atoms with Gasteiger partial charge in [0.25, 0.3) is 0 Å². The predicted octanol–water partition coefficient (Wildman–Crippen LogP) is 8.03. The average molecular weight is 429 g/mol. The molecular weight excluding hydrogens is 404 g/mol. The van der Waals surface area contributed by atoms with Crippen LogP contribution < -0.4 is 0 Å². The lowest BCUT2D eigenvalue weighted by atomic mass is 10.0. The third kappa shape index (κ3) is 3.16. The number of nitrogens with zero attached hydrogens (tertiary/aromatic N) is 2. The highest BCUT2D eigenvalue weighted by molar-refractivity contribution is 6.11. The summed E-state index contributed by atoms with van der Waals surface area (Å²) >= 11 is 0. The second-order valence-electron chi connectivity index (χ2n) is 8.72. The van der Waals surface area contributed by atoms with Crippen molar-refractivity contribution in [3.05, 3.63) is 108 Å². The normalized spacial score (nSPS) is 11.5. The van der Waals surface area contributed by atoms with Crippen molar-refractivity contribution in [2.24, 2.45) is 0 Å². The summed E-state index contributed by atoms with van der Waals surface area (Å²) in [7, 11) is 0. The number of para-hydroxylation sites is 1. The lowest BCUT2D eigenvalue weighted by Crippen LogP contribution is -2.00. The molecule has 6 rings (SSSR count). The summed E-state index contributed by atoms with van der Waals surface area (Å²) in [6, 6.07) is 29.4. The standard InChI is InChI=1S/C30H24N2O/c1-19-10-9-13-23(16-19)25-18-32(30(31-25)22-11-5-4-6-12-22)28-20(2)17-21(3)29-27(28)24-14-7-8-15-26(24)33-29/h4-18H,1-3H3. The van der Waals surface area contributed by atoms with E-state index in [-0.39, 0.29) is 0 Å². The Balaban J connectivity index is 1.72. The number of imidazole rings is 1. The molecule has 0 aliphatic carbocycles. The number of hydrogen-bond acceptors (Lipinski definition) is 2. The summed E-state index contributed by atoms with van der Waals surface area (Å²) in [5.41, 5.74) is 9.66. The first-order valence-electron chi connectivity index (χ1n) is 11.2. The van der Waals surface area contributed by atoms with Gasteiger partial charge in [-0.25, -0.2) is 4.98 Å². The van der Waals surface area contributed by atoms with Crippen LogP contribution in [0.25, 0.3) is 50.3 Å². The molecular formula is C30H24N2O. The topological polar surface area (TPSA) is 31.0 Å². The number of fused-ring (bicyclic) bond motifs is 3. The number of hydrogen-bond donors (Lipinski definition) is 0. The molecule has 4 aromatic carbocycles. The van der Waals surface area contributed by atoms with Gasteiger partial charge >= 0.3 is 0 Å². The Morgan fingerprint density at radius 2 is 1.48 bits per heavy atom. The Kier molecular flexibility index (Phi) is 4.44. The van der Waals surface area contributed by atoms with Crippen molar-refractivity contribution in [2.45, 2.75) is 20.8 Å². The molecule has 0 unspecified atom stereocenters. The molecule has 0 atom stereocenters. The van der Waals surface area contributed by atoms with Crippen LogP contribution in [-0.2, 0) is 0 Å². The van der Waals surface area contributed by atoms with E-state index in [4.69, 9.17) is 9.40 Å². The van der Waals surface area contributed by atoms with Gasteiger partial charge in [-0.15, -0.1) is 0 Å². The fourth-order valence-corrected chi connectivity index (χ4v) is 4.81. The van der Waals surface area contributed by atoms with Crippen molar-refractivity contribution in [3.63, 3.8) is 0 Å². The van der Waals surface area contributed by atoms with Crippen LogP contribution in [0, 0.1) is 20.8 Å². The molecule has 2 heterocycles. The maximum atomic E-state index is 6.32. The molecule has 0 bridgehead atoms. The maximum Gasteiger partial charge on any atom is 0.145 e. The van der Waals surface area contributed by atoms with Gasteiger partial charge in [0.15, 0.2) is 0 Å². The van der Waals surface area contributed by atoms with Crippen LogP contribution in [0.2, 0.25) is 0 Å². The van der Waals surface area contributed by atoms with Crippen LogP contribution in [0.5, 0.6) is 0 Å². The monoisotopic (exact) mass is 428 g/mol. The minimum atomic E-state index is 0.905. The molecule has 160 valence electrons. The Morgan fingerprint density at radius 1 is 0.727 bits per heavy atom. The smallest absolute Gasteiger partial charge is 0.145 e. The van der Waals surface area contributed by atoms with Gasteiger partial charge in [-0.05, 0) is 44.0 Å². The first-order chi connectivity index (χ1) is 16.1. The summed E-state index contributed by atoms with van der Waals surface area (Å²) in [4.78, 5) is 5.14. The van der Waals surface area contributed by atoms with Crippen molar-refractivity contribution >= 4 is 21.9 Å². The fraction of sp³-hybridized carbons (Fsp3) is 0.100. The van der Waals surface area contributed by atoms with Crippen LogP contribution in [0.1, 0.15) is 16.7 Å². The molecule has 6 aromatic rings. The number of rotatable bonds is 3. The lowest BCUT2D eigenvalue weighted by molar-refractivity contribution is 0.665. The van der Waals surface area contributed by atoms with E-state index < -0.39 is 0 Å². The summed E-state index contributed by atoms with van der Waals surface area (Å²) in [5, 5.41) is 2.26. The van der Waals surface area contributed by atoms with Gasteiger partial charge < -0.3 is 4.42 Å². The number of aromatic nitrogens is 2. The molecule has 0 saturated heterocycles. The Morgan fingerprint density at radius 3 is 2.30 bits per heavy atom. The van der Waals surface area contributed by atoms with Crippen molar-refractivity contribution in [1.82, 2.24) is 9.55 Å². The van der Waals surface area contributed by atoms with E-state index in [9.17, 15) is 0 Å². The predicted molar refractivity (Wildman–Crippen MR) is 136 cm³/mol. The van der Waals surface area contributed by atoms with Crippen LogP contribution in [0.3, 0.4) is 0 Å². The van der Waals surface area contributed by atoms with Gasteiger partial charge in [-0.3, -0.25) is 4.57 Å². The van der Waals surface area contributed by atoms with Crippen molar-refractivity contribution in [1.29, 1.82) is 0 Å². The SMILES string of the molecule is Cc1cccc(-c2cn(-c3c(C)cc(C)c4oc5ccccc5c34)c(-c3ccccc3)n2)c1. The molecule has 0 aliphatic heterocycles. The second-order valence-corrected chi connectivity index (χ2v) is 8.72. The van der Waals surface area contributed by atoms with Crippen molar-refractivity contribution in [2.75, 3.05) is 0 Å². The molecule has 0 spiro atoms. The van der Waals surface area contributed by atoms with Crippen molar-refractivity contribution in [3.8, 4) is 28.3 Å². The molecule has 0 amide bonds. The highest BCUT2D eigenvalue weighted by Gasteiger charge is 2.21. The van der Waals surface area contributed by atoms with Gasteiger partial charge in [0.2, 0.25) is 0 Å². The van der Waals surface area contributed by atoms with Gasteiger partial charge in [0.05, 0.1) is 16.8 Å². The van der Waals surface area contributed by atoms with Gasteiger partial charge in [-0.1, -0.05) is 78.4 Å². The van der Waals surface area contributed by atoms with Crippen LogP contribution in [0.15, 0.2) is 95.5 Å². The molecule has 3 nitrogen and oxygen atoms in total. The Hall–Kier alpha value is -4.11. The lowest BCUT2D eigenvalue weighted by Gasteiger charge is -2.14. The minimum absolute atomic E-state index is 0.905. The third-order valence-corrected chi connectivity index (χ3v) is 6.29. The summed E-state index contributed by atoms with van der Waals surface area (Å²) in [6.45, 7) is 6.40. The van der Waals surface area contributed by atoms with Gasteiger partial charge in [0, 0.05) is 22.7 Å². The number of furan rings is 1. The summed E-state index contributed by atoms with van der Waals surface area (Å²) in [6.07, 6.45) is 2.16. The second kappa shape index (κ2) is 7.49. The summed E-state index contributed by atoms with van der Waals surface area (Å²) < 4.78 is 8.56. The highest BCUT2D eigenvalue weighted by atomic mass is 16.3. The Bertz CT molecular complexity index is 1640. The minimum Gasteiger partial charge on any atom is -0.456 e. The molecule has 3 heteroatoms. The van der Waals surface area contributed by atoms with E-state index in [1.807, 2.05) is 18.2 Å². The first-order valence-corrected chi connectivity index (χ1v) is 11.2. The molecule has 0 radical (unpaired) electrons. The van der Waals surface area contributed by atoms with E-state index >= 15 is 0 Å². The average Bonchev–Trinajstić information content (AvgIpc) is 3.43. The quantitative estimate of drug-likeness (QED) is 0.286. The van der Waals surface area contributed by atoms with Crippen LogP contribution >= 0.6 is 0 Å². The maximum absolute atomic E-state index is 6.32. The van der Waals surface area contributed by atoms with E-state index in [0.29, 0.717) is 0 Å². The zero-order valence-electron chi connectivity index (χ0n) is 19.0. The van der Waals surface area contributed by atoms with E-state index in [0.717, 1.165) is 55.8 Å². The molecule has 0 aliphatic rings. The first kappa shape index (κ1) is 19.6. The summed E-state index contributed by atoms with van der Waals surface area (Å²) in [5.74, 6) is 0.922. The molecule has 0 saturated carbocycles. The van der Waals surface area contributed by atoms with E-state index in [2.05, 4.69) is 98.3 Å². The third-order valence-electron chi connectivity index (χ3n) is 6.29. The molecule has 0 N–H and O–H groups in total. The molecule has 33 heavy (non-hydrogen) atoms. The number of aryl methyl sites for hydroxylation is 3. The van der Waals surface area contributed by atoms with Crippen molar-refractivity contribution < 1.29 is 4.42 Å². The number of benzene rings is 4. The Labute approximate surface area is 192 Å². The zero-order valence-corrected chi connectivity index (χ0v) is 19.0. The fourth-order valence-electron chi connectivity index (χ4n) is 4.81. The van der Waals surface area contributed by atoms with Crippen LogP contribution in [0.4, 0.5) is 0 Å². The van der Waals surface area contributed by atoms with Gasteiger partial charge in [-0.2, -0.15) is 0 Å². The van der Waals surface area contributed by atoms with Crippen LogP contribution in [-0.4, -0.2) is 9.55 Å². The highest BCUT2D eigenvalue weighted by Crippen LogP contribution is 2.39.